The second kappa shape index (κ2) is 12.5. The summed E-state index contributed by atoms with van der Waals surface area (Å²) >= 11 is 20.8. The molecule has 0 heterocycles. The highest BCUT2D eigenvalue weighted by atomic mass is 79.9. The molecule has 1 aliphatic carbocycles. The first-order valence-electron chi connectivity index (χ1n) is 11.1. The number of halogens is 10. The SMILES string of the molecule is O=C(NCC(F)(F)F)/C(=C\C1CC1)NC(=O)c1ccc(/C=C/C(c2cc(Cl)c(Cl)c(Cl)c2)C(F)(F)F)cc1Br. The van der Waals surface area contributed by atoms with Gasteiger partial charge >= 0.3 is 12.4 Å². The second-order valence-electron chi connectivity index (χ2n) is 8.59. The molecule has 4 nitrogen and oxygen atoms in total. The summed E-state index contributed by atoms with van der Waals surface area (Å²) in [5.74, 6) is -4.01. The number of carbonyl (C=O) groups excluding carboxylic acids is 2. The van der Waals surface area contributed by atoms with Crippen LogP contribution in [0.2, 0.25) is 15.1 Å². The Kier molecular flexibility index (Phi) is 10.1. The Bertz CT molecular complexity index is 1300. The highest BCUT2D eigenvalue weighted by Gasteiger charge is 2.39. The number of nitrogens with one attached hydrogen (secondary N) is 2. The van der Waals surface area contributed by atoms with Crippen molar-refractivity contribution in [2.24, 2.45) is 5.92 Å². The molecular weight excluding hydrogens is 661 g/mol. The molecule has 1 saturated carbocycles. The van der Waals surface area contributed by atoms with Crippen molar-refractivity contribution < 1.29 is 35.9 Å². The number of hydrogen-bond acceptors (Lipinski definition) is 2. The van der Waals surface area contributed by atoms with Crippen molar-refractivity contribution in [3.63, 3.8) is 0 Å². The minimum absolute atomic E-state index is 0.00102. The van der Waals surface area contributed by atoms with Gasteiger partial charge in [0.25, 0.3) is 11.8 Å². The molecule has 0 bridgehead atoms. The Morgan fingerprint density at radius 1 is 1.03 bits per heavy atom. The van der Waals surface area contributed by atoms with Crippen molar-refractivity contribution in [1.29, 1.82) is 0 Å². The Morgan fingerprint density at radius 2 is 1.64 bits per heavy atom. The Hall–Kier alpha value is -2.21. The van der Waals surface area contributed by atoms with E-state index in [4.69, 9.17) is 34.8 Å². The molecule has 39 heavy (non-hydrogen) atoms. The molecule has 1 unspecified atom stereocenters. The fraction of sp³-hybridized carbons (Fsp3) is 0.280. The number of benzene rings is 2. The molecule has 1 aliphatic rings. The predicted molar refractivity (Wildman–Crippen MR) is 141 cm³/mol. The van der Waals surface area contributed by atoms with Crippen LogP contribution in [0, 0.1) is 5.92 Å². The zero-order valence-electron chi connectivity index (χ0n) is 19.5. The van der Waals surface area contributed by atoms with Gasteiger partial charge in [0.15, 0.2) is 0 Å². The van der Waals surface area contributed by atoms with Gasteiger partial charge in [0.1, 0.15) is 12.2 Å². The van der Waals surface area contributed by atoms with Crippen LogP contribution in [-0.4, -0.2) is 30.7 Å². The van der Waals surface area contributed by atoms with Gasteiger partial charge in [0, 0.05) is 4.47 Å². The van der Waals surface area contributed by atoms with Gasteiger partial charge in [-0.2, -0.15) is 26.3 Å². The zero-order chi connectivity index (χ0) is 29.1. The van der Waals surface area contributed by atoms with Crippen LogP contribution in [0.1, 0.15) is 40.2 Å². The van der Waals surface area contributed by atoms with Crippen LogP contribution in [0.25, 0.3) is 6.08 Å². The lowest BCUT2D eigenvalue weighted by Gasteiger charge is -2.18. The van der Waals surface area contributed by atoms with E-state index in [-0.39, 0.29) is 47.8 Å². The van der Waals surface area contributed by atoms with Gasteiger partial charge in [-0.3, -0.25) is 9.59 Å². The third kappa shape index (κ3) is 9.16. The van der Waals surface area contributed by atoms with Crippen molar-refractivity contribution >= 4 is 68.6 Å². The number of allylic oxidation sites excluding steroid dienone is 2. The maximum atomic E-state index is 13.8. The Morgan fingerprint density at radius 3 is 2.15 bits per heavy atom. The Labute approximate surface area is 242 Å². The minimum Gasteiger partial charge on any atom is -0.342 e. The molecule has 3 rings (SSSR count). The van der Waals surface area contributed by atoms with Gasteiger partial charge in [-0.05, 0) is 70.1 Å². The smallest absolute Gasteiger partial charge is 0.342 e. The molecule has 0 aliphatic heterocycles. The molecule has 1 fully saturated rings. The van der Waals surface area contributed by atoms with E-state index in [2.05, 4.69) is 21.2 Å². The zero-order valence-corrected chi connectivity index (χ0v) is 23.3. The molecular formula is C25H18BrCl3F6N2O2. The third-order valence-electron chi connectivity index (χ3n) is 5.40. The van der Waals surface area contributed by atoms with Crippen LogP contribution in [0.5, 0.6) is 0 Å². The fourth-order valence-electron chi connectivity index (χ4n) is 3.33. The summed E-state index contributed by atoms with van der Waals surface area (Å²) in [6.45, 7) is -1.57. The average molecular weight is 679 g/mol. The molecule has 2 amide bonds. The lowest BCUT2D eigenvalue weighted by atomic mass is 9.97. The first-order chi connectivity index (χ1) is 18.0. The van der Waals surface area contributed by atoms with E-state index in [1.807, 2.05) is 0 Å². The number of carbonyl (C=O) groups is 2. The topological polar surface area (TPSA) is 58.2 Å². The summed E-state index contributed by atoms with van der Waals surface area (Å²) in [7, 11) is 0. The lowest BCUT2D eigenvalue weighted by molar-refractivity contribution is -0.139. The van der Waals surface area contributed by atoms with Crippen molar-refractivity contribution in [2.45, 2.75) is 31.1 Å². The van der Waals surface area contributed by atoms with Crippen molar-refractivity contribution in [3.05, 3.63) is 84.4 Å². The molecule has 2 aromatic carbocycles. The normalized spacial score (nSPS) is 15.4. The first-order valence-corrected chi connectivity index (χ1v) is 13.0. The van der Waals surface area contributed by atoms with Crippen molar-refractivity contribution in [1.82, 2.24) is 10.6 Å². The molecule has 1 atom stereocenters. The molecule has 14 heteroatoms. The van der Waals surface area contributed by atoms with E-state index in [0.717, 1.165) is 31.1 Å². The summed E-state index contributed by atoms with van der Waals surface area (Å²) in [4.78, 5) is 25.0. The summed E-state index contributed by atoms with van der Waals surface area (Å²) in [5, 5.41) is 3.69. The molecule has 2 aromatic rings. The van der Waals surface area contributed by atoms with E-state index < -0.39 is 36.6 Å². The first kappa shape index (κ1) is 31.3. The van der Waals surface area contributed by atoms with Gasteiger partial charge in [-0.15, -0.1) is 0 Å². The van der Waals surface area contributed by atoms with E-state index in [1.165, 1.54) is 30.4 Å². The predicted octanol–water partition coefficient (Wildman–Crippen LogP) is 8.47. The number of alkyl halides is 6. The minimum atomic E-state index is -4.69. The molecule has 0 saturated heterocycles. The van der Waals surface area contributed by atoms with E-state index in [1.54, 1.807) is 5.32 Å². The summed E-state index contributed by atoms with van der Waals surface area (Å²) in [6.07, 6.45) is -4.41. The summed E-state index contributed by atoms with van der Waals surface area (Å²) in [6, 6.07) is 6.16. The second-order valence-corrected chi connectivity index (χ2v) is 10.6. The van der Waals surface area contributed by atoms with Crippen LogP contribution in [0.15, 0.2) is 52.7 Å². The van der Waals surface area contributed by atoms with E-state index in [9.17, 15) is 35.9 Å². The van der Waals surface area contributed by atoms with Crippen LogP contribution in [0.3, 0.4) is 0 Å². The number of rotatable bonds is 8. The standard InChI is InChI=1S/C25H18BrCl3F6N2O2/c26-17-7-12(4-6-16(25(33,34)35)14-9-18(27)21(29)19(28)10-14)3-5-15(17)22(38)37-20(8-13-1-2-13)23(39)36-11-24(30,31)32/h3-10,13,16H,1-2,11H2,(H,36,39)(H,37,38)/b6-4+,20-8+. The monoisotopic (exact) mass is 676 g/mol. The molecule has 210 valence electrons. The largest absolute Gasteiger partial charge is 0.405 e. The van der Waals surface area contributed by atoms with Crippen LogP contribution in [0.4, 0.5) is 26.3 Å². The van der Waals surface area contributed by atoms with Crippen LogP contribution in [-0.2, 0) is 4.79 Å². The van der Waals surface area contributed by atoms with Gasteiger partial charge in [0.2, 0.25) is 0 Å². The van der Waals surface area contributed by atoms with Gasteiger partial charge in [-0.25, -0.2) is 0 Å². The van der Waals surface area contributed by atoms with Gasteiger partial charge in [0.05, 0.1) is 26.5 Å². The summed E-state index contributed by atoms with van der Waals surface area (Å²) in [5.41, 5.74) is -0.264. The molecule has 0 spiro atoms. The lowest BCUT2D eigenvalue weighted by Crippen LogP contribution is -2.39. The molecule has 2 N–H and O–H groups in total. The highest BCUT2D eigenvalue weighted by molar-refractivity contribution is 9.10. The van der Waals surface area contributed by atoms with Crippen LogP contribution < -0.4 is 10.6 Å². The van der Waals surface area contributed by atoms with Crippen molar-refractivity contribution in [3.8, 4) is 0 Å². The number of amides is 2. The van der Waals surface area contributed by atoms with Crippen LogP contribution >= 0.6 is 50.7 Å². The van der Waals surface area contributed by atoms with E-state index >= 15 is 0 Å². The maximum Gasteiger partial charge on any atom is 0.405 e. The molecule has 0 radical (unpaired) electrons. The Balaban J connectivity index is 1.79. The van der Waals surface area contributed by atoms with Crippen molar-refractivity contribution in [2.75, 3.05) is 6.54 Å². The average Bonchev–Trinajstić information content (AvgIpc) is 3.63. The number of hydrogen-bond donors (Lipinski definition) is 2. The highest BCUT2D eigenvalue weighted by Crippen LogP contribution is 2.41. The quantitative estimate of drug-likeness (QED) is 0.167. The van der Waals surface area contributed by atoms with Gasteiger partial charge in [-0.1, -0.05) is 59.1 Å². The van der Waals surface area contributed by atoms with Gasteiger partial charge < -0.3 is 10.6 Å². The van der Waals surface area contributed by atoms with E-state index in [0.29, 0.717) is 0 Å². The fourth-order valence-corrected chi connectivity index (χ4v) is 4.52. The third-order valence-corrected chi connectivity index (χ3v) is 7.26. The summed E-state index contributed by atoms with van der Waals surface area (Å²) < 4.78 is 79.0. The molecule has 0 aromatic heterocycles. The maximum absolute atomic E-state index is 13.8.